The fraction of sp³-hybridized carbons (Fsp3) is 0.824. The van der Waals surface area contributed by atoms with Crippen LogP contribution in [0.4, 0.5) is 0 Å². The standard InChI is InChI=1S/C34H50O7.2Zn/c1-29(2)23-10-13-34(7)27(32(23,5)12-11-24(29)41-26(38)9-8-25(36)37)22(35)18-20-21-19-31(4,28(39)40)15-14-30(21,3)16-17-33(20,34)6;;/h18,21,23-24,27H,8-17,19H2,1-7H3,(H,36,37)(H,39,40);;/q;2*+2/t21?,23?,24-,27+,30+,31-,32-,33+,34?;;/m0../s1. The Balaban J connectivity index is 0.00000253. The van der Waals surface area contributed by atoms with Gasteiger partial charge in [-0.3, -0.25) is 19.2 Å². The number of fused-ring (bicyclic) bond motifs is 7. The number of carboxylic acid groups (broad SMARTS) is 2. The van der Waals surface area contributed by atoms with Crippen LogP contribution in [0.1, 0.15) is 119 Å². The first-order valence-electron chi connectivity index (χ1n) is 15.7. The van der Waals surface area contributed by atoms with Crippen LogP contribution in [0.25, 0.3) is 0 Å². The van der Waals surface area contributed by atoms with Gasteiger partial charge in [0, 0.05) is 11.3 Å². The Hall–Kier alpha value is -0.933. The first kappa shape index (κ1) is 36.5. The topological polar surface area (TPSA) is 118 Å². The first-order chi connectivity index (χ1) is 18.8. The summed E-state index contributed by atoms with van der Waals surface area (Å²) in [7, 11) is 0. The quantitative estimate of drug-likeness (QED) is 0.239. The number of ether oxygens (including phenoxy) is 1. The third kappa shape index (κ3) is 5.37. The predicted octanol–water partition coefficient (Wildman–Crippen LogP) is 6.82. The van der Waals surface area contributed by atoms with Crippen LogP contribution in [0, 0.1) is 50.2 Å². The van der Waals surface area contributed by atoms with Gasteiger partial charge < -0.3 is 14.9 Å². The molecule has 0 radical (unpaired) electrons. The molecule has 9 heteroatoms. The summed E-state index contributed by atoms with van der Waals surface area (Å²) >= 11 is 0. The Morgan fingerprint density at radius 1 is 0.860 bits per heavy atom. The average molecular weight is 702 g/mol. The second-order valence-corrected chi connectivity index (χ2v) is 16.3. The maximum atomic E-state index is 14.5. The van der Waals surface area contributed by atoms with Crippen molar-refractivity contribution in [1.82, 2.24) is 0 Å². The van der Waals surface area contributed by atoms with Crippen LogP contribution in [-0.4, -0.2) is 40.0 Å². The van der Waals surface area contributed by atoms with E-state index in [1.54, 1.807) is 0 Å². The number of rotatable bonds is 5. The molecule has 0 amide bonds. The third-order valence-electron chi connectivity index (χ3n) is 13.8. The van der Waals surface area contributed by atoms with Crippen LogP contribution >= 0.6 is 0 Å². The first-order valence-corrected chi connectivity index (χ1v) is 15.7. The van der Waals surface area contributed by atoms with E-state index in [0.717, 1.165) is 38.5 Å². The number of allylic oxidation sites excluding steroid dienone is 2. The zero-order valence-corrected chi connectivity index (χ0v) is 33.4. The minimum atomic E-state index is -1.01. The Kier molecular flexibility index (Phi) is 9.94. The van der Waals surface area contributed by atoms with Gasteiger partial charge in [0.15, 0.2) is 5.78 Å². The third-order valence-corrected chi connectivity index (χ3v) is 13.8. The molecular weight excluding hydrogens is 651 g/mol. The van der Waals surface area contributed by atoms with E-state index in [4.69, 9.17) is 9.84 Å². The number of aliphatic carboxylic acids is 2. The molecule has 3 unspecified atom stereocenters. The summed E-state index contributed by atoms with van der Waals surface area (Å²) in [6.07, 6.45) is 8.80. The number of hydrogen-bond acceptors (Lipinski definition) is 5. The summed E-state index contributed by atoms with van der Waals surface area (Å²) in [5, 5.41) is 19.1. The molecule has 0 aromatic carbocycles. The van der Waals surface area contributed by atoms with Crippen LogP contribution in [-0.2, 0) is 62.9 Å². The molecule has 0 aromatic rings. The molecule has 0 spiro atoms. The maximum Gasteiger partial charge on any atom is 2.00 e. The molecule has 0 saturated heterocycles. The molecule has 7 nitrogen and oxygen atoms in total. The SMILES string of the molecule is CC1(C)C2CCC3(C)[C@H](C(=O)C=C4C5C[C@@](C)(C(=O)O)CC[C@]5(C)CC[C@]43C)[C@@]2(C)CC[C@@H]1OC(=O)CCC(=O)O.[Zn+2].[Zn+2]. The van der Waals surface area contributed by atoms with E-state index in [0.29, 0.717) is 19.3 Å². The van der Waals surface area contributed by atoms with Gasteiger partial charge in [-0.05, 0) is 104 Å². The van der Waals surface area contributed by atoms with Gasteiger partial charge in [0.05, 0.1) is 18.3 Å². The predicted molar refractivity (Wildman–Crippen MR) is 154 cm³/mol. The Morgan fingerprint density at radius 3 is 2.09 bits per heavy atom. The van der Waals surface area contributed by atoms with Crippen LogP contribution in [0.15, 0.2) is 11.6 Å². The zero-order chi connectivity index (χ0) is 30.4. The summed E-state index contributed by atoms with van der Waals surface area (Å²) < 4.78 is 5.91. The largest absolute Gasteiger partial charge is 2.00 e. The molecule has 43 heavy (non-hydrogen) atoms. The van der Waals surface area contributed by atoms with E-state index in [2.05, 4.69) is 41.5 Å². The monoisotopic (exact) mass is 698 g/mol. The minimum absolute atomic E-state index is 0. The number of carboxylic acids is 2. The Morgan fingerprint density at radius 2 is 1.49 bits per heavy atom. The summed E-state index contributed by atoms with van der Waals surface area (Å²) in [6, 6.07) is 0. The second-order valence-electron chi connectivity index (χ2n) is 16.3. The minimum Gasteiger partial charge on any atom is -0.481 e. The van der Waals surface area contributed by atoms with Crippen molar-refractivity contribution in [3.05, 3.63) is 11.6 Å². The summed E-state index contributed by atoms with van der Waals surface area (Å²) in [4.78, 5) is 50.3. The average Bonchev–Trinajstić information content (AvgIpc) is 2.86. The van der Waals surface area contributed by atoms with Gasteiger partial charge in [0.1, 0.15) is 6.10 Å². The Labute approximate surface area is 282 Å². The van der Waals surface area contributed by atoms with Crippen molar-refractivity contribution < 1.29 is 73.1 Å². The smallest absolute Gasteiger partial charge is 0.481 e. The zero-order valence-electron chi connectivity index (χ0n) is 27.5. The van der Waals surface area contributed by atoms with Crippen LogP contribution in [0.3, 0.4) is 0 Å². The van der Waals surface area contributed by atoms with Crippen molar-refractivity contribution in [2.75, 3.05) is 0 Å². The molecule has 5 rings (SSSR count). The molecule has 5 aliphatic rings. The molecule has 0 heterocycles. The van der Waals surface area contributed by atoms with Crippen LogP contribution < -0.4 is 0 Å². The molecule has 2 N–H and O–H groups in total. The van der Waals surface area contributed by atoms with Crippen molar-refractivity contribution in [2.45, 2.75) is 125 Å². The molecular formula is C34H50O7Zn2+4. The Bertz CT molecular complexity index is 1210. The second kappa shape index (κ2) is 11.7. The van der Waals surface area contributed by atoms with Crippen molar-refractivity contribution >= 4 is 23.7 Å². The molecule has 4 fully saturated rings. The molecule has 0 bridgehead atoms. The molecule has 228 valence electrons. The van der Waals surface area contributed by atoms with Gasteiger partial charge in [0.2, 0.25) is 0 Å². The summed E-state index contributed by atoms with van der Waals surface area (Å²) in [5.74, 6) is -1.87. The fourth-order valence-corrected chi connectivity index (χ4v) is 11.0. The number of esters is 1. The van der Waals surface area contributed by atoms with Crippen molar-refractivity contribution in [2.24, 2.45) is 50.2 Å². The van der Waals surface area contributed by atoms with Gasteiger partial charge in [0.25, 0.3) is 0 Å². The van der Waals surface area contributed by atoms with E-state index in [-0.39, 0.29) is 109 Å². The van der Waals surface area contributed by atoms with Gasteiger partial charge in [-0.1, -0.05) is 47.1 Å². The van der Waals surface area contributed by atoms with Gasteiger partial charge >= 0.3 is 56.9 Å². The number of hydrogen-bond donors (Lipinski definition) is 2. The molecule has 0 aliphatic heterocycles. The van der Waals surface area contributed by atoms with E-state index in [1.165, 1.54) is 5.57 Å². The van der Waals surface area contributed by atoms with E-state index >= 15 is 0 Å². The summed E-state index contributed by atoms with van der Waals surface area (Å²) in [5.41, 5.74) is -0.553. The van der Waals surface area contributed by atoms with E-state index in [9.17, 15) is 24.3 Å². The van der Waals surface area contributed by atoms with Crippen molar-refractivity contribution in [1.29, 1.82) is 0 Å². The maximum absolute atomic E-state index is 14.5. The van der Waals surface area contributed by atoms with Crippen molar-refractivity contribution in [3.63, 3.8) is 0 Å². The van der Waals surface area contributed by atoms with E-state index < -0.39 is 23.3 Å². The van der Waals surface area contributed by atoms with E-state index in [1.807, 2.05) is 13.0 Å². The normalized spacial score (nSPS) is 44.4. The van der Waals surface area contributed by atoms with Gasteiger partial charge in [-0.25, -0.2) is 0 Å². The summed E-state index contributed by atoms with van der Waals surface area (Å²) in [6.45, 7) is 15.5. The van der Waals surface area contributed by atoms with Crippen molar-refractivity contribution in [3.8, 4) is 0 Å². The molecule has 9 atom stereocenters. The fourth-order valence-electron chi connectivity index (χ4n) is 11.0. The van der Waals surface area contributed by atoms with Gasteiger partial charge in [-0.2, -0.15) is 0 Å². The number of carbonyl (C=O) groups is 4. The molecule has 5 aliphatic carbocycles. The van der Waals surface area contributed by atoms with Crippen LogP contribution in [0.2, 0.25) is 0 Å². The number of carbonyl (C=O) groups excluding carboxylic acids is 2. The number of ketones is 1. The molecule has 4 saturated carbocycles. The van der Waals surface area contributed by atoms with Gasteiger partial charge in [-0.15, -0.1) is 0 Å². The molecule has 0 aromatic heterocycles. The van der Waals surface area contributed by atoms with Crippen LogP contribution in [0.5, 0.6) is 0 Å².